The van der Waals surface area contributed by atoms with Crippen molar-refractivity contribution in [2.24, 2.45) is 0 Å². The minimum atomic E-state index is -0.609. The van der Waals surface area contributed by atoms with Crippen LogP contribution in [0.2, 0.25) is 0 Å². The second kappa shape index (κ2) is 7.00. The van der Waals surface area contributed by atoms with Gasteiger partial charge in [0.25, 0.3) is 0 Å². The van der Waals surface area contributed by atoms with Gasteiger partial charge in [-0.2, -0.15) is 0 Å². The Kier molecular flexibility index (Phi) is 4.61. The molecular formula is C19H17N3O3. The number of aryl methyl sites for hydroxylation is 1. The van der Waals surface area contributed by atoms with E-state index in [1.807, 2.05) is 37.3 Å². The van der Waals surface area contributed by atoms with Crippen LogP contribution in [0.3, 0.4) is 0 Å². The van der Waals surface area contributed by atoms with Crippen LogP contribution in [0.5, 0.6) is 5.75 Å². The molecule has 0 saturated heterocycles. The van der Waals surface area contributed by atoms with Crippen molar-refractivity contribution in [3.05, 3.63) is 65.7 Å². The molecule has 0 aliphatic carbocycles. The maximum atomic E-state index is 11.6. The highest BCUT2D eigenvalue weighted by Crippen LogP contribution is 2.30. The largest absolute Gasteiger partial charge is 0.505 e. The molecule has 25 heavy (non-hydrogen) atoms. The molecular weight excluding hydrogens is 318 g/mol. The highest BCUT2D eigenvalue weighted by Gasteiger charge is 2.15. The summed E-state index contributed by atoms with van der Waals surface area (Å²) in [5.74, 6) is -0.353. The summed E-state index contributed by atoms with van der Waals surface area (Å²) in [5, 5.41) is 21.5. The van der Waals surface area contributed by atoms with Crippen LogP contribution in [-0.4, -0.2) is 28.4 Å². The number of carbonyl (C=O) groups excluding carboxylic acids is 1. The number of aromatic nitrogens is 2. The zero-order valence-electron chi connectivity index (χ0n) is 13.9. The highest BCUT2D eigenvalue weighted by atomic mass is 16.5. The summed E-state index contributed by atoms with van der Waals surface area (Å²) in [4.78, 5) is 11.6. The van der Waals surface area contributed by atoms with Crippen molar-refractivity contribution in [3.63, 3.8) is 0 Å². The first-order chi connectivity index (χ1) is 12.1. The van der Waals surface area contributed by atoms with Gasteiger partial charge in [-0.15, -0.1) is 10.2 Å². The van der Waals surface area contributed by atoms with Gasteiger partial charge in [-0.3, -0.25) is 0 Å². The van der Waals surface area contributed by atoms with Crippen LogP contribution in [-0.2, 0) is 4.74 Å². The maximum Gasteiger partial charge on any atom is 0.341 e. The van der Waals surface area contributed by atoms with Gasteiger partial charge in [-0.25, -0.2) is 4.79 Å². The first-order valence-electron chi connectivity index (χ1n) is 7.66. The number of hydrogen-bond donors (Lipinski definition) is 2. The summed E-state index contributed by atoms with van der Waals surface area (Å²) in [6.07, 6.45) is 0. The third kappa shape index (κ3) is 3.58. The number of methoxy groups -OCH3 is 1. The Bertz CT molecular complexity index is 891. The van der Waals surface area contributed by atoms with Gasteiger partial charge < -0.3 is 15.2 Å². The monoisotopic (exact) mass is 335 g/mol. The topological polar surface area (TPSA) is 84.3 Å². The van der Waals surface area contributed by atoms with Crippen LogP contribution >= 0.6 is 0 Å². The fourth-order valence-corrected chi connectivity index (χ4v) is 2.33. The van der Waals surface area contributed by atoms with Gasteiger partial charge in [-0.05, 0) is 31.2 Å². The second-order valence-electron chi connectivity index (χ2n) is 5.49. The molecule has 3 rings (SSSR count). The molecule has 6 heteroatoms. The number of para-hydroxylation sites is 1. The first-order valence-corrected chi connectivity index (χ1v) is 7.66. The van der Waals surface area contributed by atoms with Crippen molar-refractivity contribution in [2.75, 3.05) is 12.4 Å². The van der Waals surface area contributed by atoms with Gasteiger partial charge in [-0.1, -0.05) is 35.9 Å². The number of hydrogen-bond acceptors (Lipinski definition) is 6. The minimum absolute atomic E-state index is 0.0803. The van der Waals surface area contributed by atoms with E-state index in [1.165, 1.54) is 18.7 Å². The van der Waals surface area contributed by atoms with Gasteiger partial charge in [0, 0.05) is 5.56 Å². The Morgan fingerprint density at radius 1 is 1.04 bits per heavy atom. The van der Waals surface area contributed by atoms with Crippen LogP contribution in [0.15, 0.2) is 54.6 Å². The van der Waals surface area contributed by atoms with Crippen molar-refractivity contribution >= 4 is 17.5 Å². The summed E-state index contributed by atoms with van der Waals surface area (Å²) in [7, 11) is 1.26. The predicted octanol–water partition coefficient (Wildman–Crippen LogP) is 3.69. The summed E-state index contributed by atoms with van der Waals surface area (Å²) in [6.45, 7) is 2.03. The Hall–Kier alpha value is -3.41. The van der Waals surface area contributed by atoms with Crippen LogP contribution in [0.1, 0.15) is 15.9 Å². The van der Waals surface area contributed by atoms with E-state index in [4.69, 9.17) is 0 Å². The number of nitrogens with zero attached hydrogens (tertiary/aromatic N) is 2. The Balaban J connectivity index is 1.82. The van der Waals surface area contributed by atoms with Crippen molar-refractivity contribution < 1.29 is 14.6 Å². The number of ether oxygens (including phenoxy) is 1. The first kappa shape index (κ1) is 16.4. The lowest BCUT2D eigenvalue weighted by atomic mass is 10.1. The lowest BCUT2D eigenvalue weighted by molar-refractivity contribution is 0.0597. The van der Waals surface area contributed by atoms with Crippen LogP contribution < -0.4 is 5.32 Å². The van der Waals surface area contributed by atoms with Gasteiger partial charge >= 0.3 is 5.97 Å². The van der Waals surface area contributed by atoms with Crippen molar-refractivity contribution in [1.29, 1.82) is 0 Å². The minimum Gasteiger partial charge on any atom is -0.505 e. The number of phenolic OH excluding ortho intramolecular Hbond substituents is 1. The number of rotatable bonds is 4. The molecule has 1 aromatic heterocycles. The molecule has 0 fully saturated rings. The molecule has 0 spiro atoms. The van der Waals surface area contributed by atoms with Gasteiger partial charge in [0.05, 0.1) is 18.5 Å². The summed E-state index contributed by atoms with van der Waals surface area (Å²) < 4.78 is 4.64. The van der Waals surface area contributed by atoms with E-state index in [1.54, 1.807) is 18.2 Å². The molecule has 126 valence electrons. The SMILES string of the molecule is COC(=O)c1cccc(Nc2ccc(-c3ccc(C)cc3)nn2)c1O. The molecule has 0 saturated carbocycles. The molecule has 1 heterocycles. The molecule has 2 N–H and O–H groups in total. The number of phenols is 1. The molecule has 6 nitrogen and oxygen atoms in total. The second-order valence-corrected chi connectivity index (χ2v) is 5.49. The molecule has 0 aliphatic heterocycles. The highest BCUT2D eigenvalue weighted by molar-refractivity contribution is 5.94. The smallest absolute Gasteiger partial charge is 0.341 e. The third-order valence-corrected chi connectivity index (χ3v) is 3.72. The molecule has 0 radical (unpaired) electrons. The molecule has 2 aromatic carbocycles. The van der Waals surface area contributed by atoms with Gasteiger partial charge in [0.2, 0.25) is 0 Å². The average Bonchev–Trinajstić information content (AvgIpc) is 2.64. The molecule has 3 aromatic rings. The molecule has 0 aliphatic rings. The Morgan fingerprint density at radius 2 is 1.80 bits per heavy atom. The normalized spacial score (nSPS) is 10.3. The molecule has 0 bridgehead atoms. The van der Waals surface area contributed by atoms with E-state index in [0.717, 1.165) is 11.3 Å². The average molecular weight is 335 g/mol. The summed E-state index contributed by atoms with van der Waals surface area (Å²) in [5.41, 5.74) is 3.33. The third-order valence-electron chi connectivity index (χ3n) is 3.72. The maximum absolute atomic E-state index is 11.6. The van der Waals surface area contributed by atoms with Crippen molar-refractivity contribution in [2.45, 2.75) is 6.92 Å². The summed E-state index contributed by atoms with van der Waals surface area (Å²) in [6, 6.07) is 16.3. The fourth-order valence-electron chi connectivity index (χ4n) is 2.33. The van der Waals surface area contributed by atoms with E-state index in [9.17, 15) is 9.90 Å². The van der Waals surface area contributed by atoms with E-state index in [2.05, 4.69) is 20.3 Å². The Morgan fingerprint density at radius 3 is 2.44 bits per heavy atom. The number of esters is 1. The lowest BCUT2D eigenvalue weighted by Crippen LogP contribution is -2.03. The van der Waals surface area contributed by atoms with Crippen LogP contribution in [0.4, 0.5) is 11.5 Å². The van der Waals surface area contributed by atoms with Gasteiger partial charge in [0.15, 0.2) is 11.6 Å². The van der Waals surface area contributed by atoms with Crippen molar-refractivity contribution in [1.82, 2.24) is 10.2 Å². The fraction of sp³-hybridized carbons (Fsp3) is 0.105. The molecule has 0 unspecified atom stereocenters. The lowest BCUT2D eigenvalue weighted by Gasteiger charge is -2.10. The van der Waals surface area contributed by atoms with Crippen LogP contribution in [0, 0.1) is 6.92 Å². The van der Waals surface area contributed by atoms with Crippen molar-refractivity contribution in [3.8, 4) is 17.0 Å². The van der Waals surface area contributed by atoms with E-state index >= 15 is 0 Å². The number of carbonyl (C=O) groups is 1. The molecule has 0 amide bonds. The van der Waals surface area contributed by atoms with E-state index in [-0.39, 0.29) is 11.3 Å². The number of anilines is 2. The number of nitrogens with one attached hydrogen (secondary N) is 1. The molecule has 0 atom stereocenters. The van der Waals surface area contributed by atoms with E-state index < -0.39 is 5.97 Å². The quantitative estimate of drug-likeness (QED) is 0.559. The zero-order chi connectivity index (χ0) is 17.8. The zero-order valence-corrected chi connectivity index (χ0v) is 13.9. The standard InChI is InChI=1S/C19H17N3O3/c1-12-6-8-13(9-7-12)15-10-11-17(22-21-15)20-16-5-3-4-14(18(16)23)19(24)25-2/h3-11,23H,1-2H3,(H,20,22). The number of aromatic hydroxyl groups is 1. The summed E-state index contributed by atoms with van der Waals surface area (Å²) >= 11 is 0. The van der Waals surface area contributed by atoms with E-state index in [0.29, 0.717) is 11.5 Å². The Labute approximate surface area is 145 Å². The predicted molar refractivity (Wildman–Crippen MR) is 94.9 cm³/mol. The van der Waals surface area contributed by atoms with Crippen LogP contribution in [0.25, 0.3) is 11.3 Å². The number of benzene rings is 2. The van der Waals surface area contributed by atoms with Gasteiger partial charge in [0.1, 0.15) is 5.56 Å².